The molecule has 0 aliphatic carbocycles. The van der Waals surface area contributed by atoms with Crippen molar-refractivity contribution in [2.24, 2.45) is 0 Å². The van der Waals surface area contributed by atoms with E-state index in [-0.39, 0.29) is 15.1 Å². The van der Waals surface area contributed by atoms with Gasteiger partial charge in [0.15, 0.2) is 17.5 Å². The van der Waals surface area contributed by atoms with E-state index in [2.05, 4.69) is 15.9 Å². The Labute approximate surface area is 127 Å². The lowest BCUT2D eigenvalue weighted by molar-refractivity contribution is 0.449. The van der Waals surface area contributed by atoms with Crippen LogP contribution < -0.4 is 10.5 Å². The molecule has 0 radical (unpaired) electrons. The zero-order valence-corrected chi connectivity index (χ0v) is 12.6. The third-order valence-corrected chi connectivity index (χ3v) is 4.88. The number of benzene rings is 2. The lowest BCUT2D eigenvalue weighted by atomic mass is 10.3. The van der Waals surface area contributed by atoms with Gasteiger partial charge in [0.2, 0.25) is 0 Å². The molecule has 0 atom stereocenters. The second kappa shape index (κ2) is 5.57. The van der Waals surface area contributed by atoms with Crippen molar-refractivity contribution in [3.8, 4) is 0 Å². The molecule has 2 aromatic carbocycles. The number of nitrogens with two attached hydrogens (primary N) is 1. The summed E-state index contributed by atoms with van der Waals surface area (Å²) in [5, 5.41) is 0. The Morgan fingerprint density at radius 2 is 1.71 bits per heavy atom. The summed E-state index contributed by atoms with van der Waals surface area (Å²) in [6, 6.07) is 5.40. The van der Waals surface area contributed by atoms with Crippen LogP contribution in [0.4, 0.5) is 24.5 Å². The predicted octanol–water partition coefficient (Wildman–Crippen LogP) is 3.25. The van der Waals surface area contributed by atoms with Crippen molar-refractivity contribution in [1.29, 1.82) is 0 Å². The number of halogens is 4. The molecule has 0 aliphatic rings. The Hall–Kier alpha value is -1.74. The third kappa shape index (κ3) is 3.13. The van der Waals surface area contributed by atoms with Crippen molar-refractivity contribution < 1.29 is 21.6 Å². The van der Waals surface area contributed by atoms with E-state index in [1.165, 1.54) is 12.1 Å². The summed E-state index contributed by atoms with van der Waals surface area (Å²) in [5.41, 5.74) is 4.96. The Bertz CT molecular complexity index is 812. The summed E-state index contributed by atoms with van der Waals surface area (Å²) < 4.78 is 65.7. The fourth-order valence-corrected chi connectivity index (χ4v) is 3.59. The van der Waals surface area contributed by atoms with Gasteiger partial charge in [-0.25, -0.2) is 21.6 Å². The van der Waals surface area contributed by atoms with Gasteiger partial charge < -0.3 is 5.73 Å². The van der Waals surface area contributed by atoms with Crippen LogP contribution in [0.25, 0.3) is 0 Å². The molecule has 0 aliphatic heterocycles. The number of hydrogen-bond donors (Lipinski definition) is 2. The van der Waals surface area contributed by atoms with Crippen LogP contribution >= 0.6 is 15.9 Å². The quantitative estimate of drug-likeness (QED) is 0.634. The summed E-state index contributed by atoms with van der Waals surface area (Å²) in [5.74, 6) is -4.80. The molecule has 2 aromatic rings. The Morgan fingerprint density at radius 3 is 2.38 bits per heavy atom. The Kier molecular flexibility index (Phi) is 4.15. The molecule has 0 fully saturated rings. The molecule has 0 saturated carbocycles. The number of anilines is 2. The van der Waals surface area contributed by atoms with Crippen molar-refractivity contribution >= 4 is 37.3 Å². The molecule has 112 valence electrons. The topological polar surface area (TPSA) is 72.2 Å². The molecular formula is C12H8BrF3N2O2S. The van der Waals surface area contributed by atoms with Crippen molar-refractivity contribution in [2.75, 3.05) is 10.5 Å². The van der Waals surface area contributed by atoms with E-state index in [0.29, 0.717) is 6.07 Å². The first-order valence-electron chi connectivity index (χ1n) is 5.43. The van der Waals surface area contributed by atoms with Gasteiger partial charge in [-0.1, -0.05) is 0 Å². The Morgan fingerprint density at radius 1 is 1.05 bits per heavy atom. The molecule has 0 amide bonds. The molecule has 0 bridgehead atoms. The number of hydrogen-bond acceptors (Lipinski definition) is 3. The highest BCUT2D eigenvalue weighted by atomic mass is 79.9. The van der Waals surface area contributed by atoms with Crippen LogP contribution in [0.1, 0.15) is 0 Å². The highest BCUT2D eigenvalue weighted by molar-refractivity contribution is 9.10. The first kappa shape index (κ1) is 15.6. The number of nitrogen functional groups attached to an aromatic ring is 1. The fraction of sp³-hybridized carbons (Fsp3) is 0. The first-order valence-corrected chi connectivity index (χ1v) is 7.71. The van der Waals surface area contributed by atoms with Gasteiger partial charge >= 0.3 is 0 Å². The molecule has 4 nitrogen and oxygen atoms in total. The molecule has 0 heterocycles. The van der Waals surface area contributed by atoms with E-state index in [4.69, 9.17) is 5.73 Å². The van der Waals surface area contributed by atoms with Gasteiger partial charge in [-0.3, -0.25) is 4.72 Å². The Balaban J connectivity index is 2.47. The number of sulfonamides is 1. The molecule has 3 N–H and O–H groups in total. The van der Waals surface area contributed by atoms with E-state index < -0.39 is 33.2 Å². The number of rotatable bonds is 3. The molecule has 0 spiro atoms. The average molecular weight is 381 g/mol. The van der Waals surface area contributed by atoms with E-state index >= 15 is 0 Å². The smallest absolute Gasteiger partial charge is 0.263 e. The lowest BCUT2D eigenvalue weighted by Gasteiger charge is -2.11. The molecule has 0 saturated heterocycles. The summed E-state index contributed by atoms with van der Waals surface area (Å²) in [6.07, 6.45) is 0. The molecule has 0 aromatic heterocycles. The van der Waals surface area contributed by atoms with E-state index in [9.17, 15) is 21.6 Å². The molecular weight excluding hydrogens is 373 g/mol. The first-order chi connectivity index (χ1) is 9.72. The summed E-state index contributed by atoms with van der Waals surface area (Å²) >= 11 is 3.02. The standard InChI is InChI=1S/C12H8BrF3N2O2S/c13-7-2-1-6(17)5-10(7)21(19,20)18-9-4-3-8(14)11(15)12(9)16/h1-5,18H,17H2. The van der Waals surface area contributed by atoms with Gasteiger partial charge in [0, 0.05) is 10.2 Å². The van der Waals surface area contributed by atoms with Crippen LogP contribution in [-0.2, 0) is 10.0 Å². The van der Waals surface area contributed by atoms with E-state index in [1.54, 1.807) is 0 Å². The van der Waals surface area contributed by atoms with Gasteiger partial charge in [-0.05, 0) is 46.3 Å². The average Bonchev–Trinajstić information content (AvgIpc) is 2.42. The second-order valence-corrected chi connectivity index (χ2v) is 6.52. The van der Waals surface area contributed by atoms with Crippen LogP contribution in [0.2, 0.25) is 0 Å². The highest BCUT2D eigenvalue weighted by Gasteiger charge is 2.22. The maximum absolute atomic E-state index is 13.5. The zero-order valence-electron chi connectivity index (χ0n) is 10.2. The normalized spacial score (nSPS) is 11.4. The third-order valence-electron chi connectivity index (χ3n) is 2.52. The van der Waals surface area contributed by atoms with Crippen molar-refractivity contribution in [3.05, 3.63) is 52.3 Å². The van der Waals surface area contributed by atoms with Crippen molar-refractivity contribution in [3.63, 3.8) is 0 Å². The molecule has 0 unspecified atom stereocenters. The van der Waals surface area contributed by atoms with Crippen molar-refractivity contribution in [2.45, 2.75) is 4.90 Å². The molecule has 2 rings (SSSR count). The van der Waals surface area contributed by atoms with Gasteiger partial charge in [0.05, 0.1) is 5.69 Å². The van der Waals surface area contributed by atoms with Crippen LogP contribution in [0.3, 0.4) is 0 Å². The fourth-order valence-electron chi connectivity index (χ4n) is 1.53. The summed E-state index contributed by atoms with van der Waals surface area (Å²) in [7, 11) is -4.22. The monoisotopic (exact) mass is 380 g/mol. The minimum absolute atomic E-state index is 0.171. The van der Waals surface area contributed by atoms with Crippen LogP contribution in [-0.4, -0.2) is 8.42 Å². The maximum atomic E-state index is 13.5. The molecule has 9 heteroatoms. The van der Waals surface area contributed by atoms with Gasteiger partial charge in [-0.15, -0.1) is 0 Å². The number of nitrogens with one attached hydrogen (secondary N) is 1. The zero-order chi connectivity index (χ0) is 15.8. The predicted molar refractivity (Wildman–Crippen MR) is 75.7 cm³/mol. The van der Waals surface area contributed by atoms with E-state index in [1.807, 2.05) is 4.72 Å². The highest BCUT2D eigenvalue weighted by Crippen LogP contribution is 2.28. The van der Waals surface area contributed by atoms with Gasteiger partial charge in [0.1, 0.15) is 4.90 Å². The minimum atomic E-state index is -4.22. The van der Waals surface area contributed by atoms with Crippen LogP contribution in [0, 0.1) is 17.5 Å². The van der Waals surface area contributed by atoms with Gasteiger partial charge in [0.25, 0.3) is 10.0 Å². The SMILES string of the molecule is Nc1ccc(Br)c(S(=O)(=O)Nc2ccc(F)c(F)c2F)c1. The maximum Gasteiger partial charge on any atom is 0.263 e. The van der Waals surface area contributed by atoms with E-state index in [0.717, 1.165) is 12.1 Å². The summed E-state index contributed by atoms with van der Waals surface area (Å²) in [4.78, 5) is -0.258. The lowest BCUT2D eigenvalue weighted by Crippen LogP contribution is -2.15. The largest absolute Gasteiger partial charge is 0.399 e. The van der Waals surface area contributed by atoms with Gasteiger partial charge in [-0.2, -0.15) is 0 Å². The van der Waals surface area contributed by atoms with Crippen molar-refractivity contribution in [1.82, 2.24) is 0 Å². The van der Waals surface area contributed by atoms with Crippen LogP contribution in [0.5, 0.6) is 0 Å². The van der Waals surface area contributed by atoms with Crippen LogP contribution in [0.15, 0.2) is 39.7 Å². The summed E-state index contributed by atoms with van der Waals surface area (Å²) in [6.45, 7) is 0. The minimum Gasteiger partial charge on any atom is -0.399 e. The molecule has 21 heavy (non-hydrogen) atoms. The second-order valence-electron chi connectivity index (χ2n) is 4.02.